The number of nitrogens with one attached hydrogen (secondary N) is 3. The lowest BCUT2D eigenvalue weighted by Gasteiger charge is -2.26. The molecule has 4 rings (SSSR count). The Morgan fingerprint density at radius 3 is 2.38 bits per heavy atom. The van der Waals surface area contributed by atoms with Gasteiger partial charge in [-0.05, 0) is 29.0 Å². The van der Waals surface area contributed by atoms with Gasteiger partial charge in [-0.1, -0.05) is 74.9 Å². The number of carbonyl (C=O) groups is 2. The minimum absolute atomic E-state index is 0.0926. The molecule has 8 nitrogen and oxygen atoms in total. The fourth-order valence-electron chi connectivity index (χ4n) is 4.44. The first-order valence-corrected chi connectivity index (χ1v) is 13.7. The average molecular weight is 522 g/mol. The van der Waals surface area contributed by atoms with E-state index in [0.29, 0.717) is 11.8 Å². The third kappa shape index (κ3) is 5.68. The first-order valence-electron chi connectivity index (χ1n) is 12.2. The molecule has 1 aromatic heterocycles. The molecule has 3 aromatic carbocycles. The quantitative estimate of drug-likeness (QED) is 0.274. The van der Waals surface area contributed by atoms with Crippen LogP contribution in [0.1, 0.15) is 25.8 Å². The van der Waals surface area contributed by atoms with Crippen molar-refractivity contribution in [3.8, 4) is 0 Å². The molecule has 194 valence electrons. The molecular weight excluding hydrogens is 490 g/mol. The number of carbonyl (C=O) groups excluding carboxylic acids is 2. The van der Waals surface area contributed by atoms with Crippen molar-refractivity contribution in [2.24, 2.45) is 5.92 Å². The lowest BCUT2D eigenvalue weighted by atomic mass is 9.98. The van der Waals surface area contributed by atoms with E-state index in [4.69, 9.17) is 4.74 Å². The predicted molar refractivity (Wildman–Crippen MR) is 143 cm³/mol. The number of ether oxygens (including phenoxy) is 1. The summed E-state index contributed by atoms with van der Waals surface area (Å²) in [6.07, 6.45) is 2.52. The zero-order valence-electron chi connectivity index (χ0n) is 21.0. The molecule has 0 aliphatic carbocycles. The third-order valence-electron chi connectivity index (χ3n) is 6.72. The molecule has 0 aliphatic rings. The smallest absolute Gasteiger partial charge is 0.328 e. The lowest BCUT2D eigenvalue weighted by Crippen LogP contribution is -2.54. The summed E-state index contributed by atoms with van der Waals surface area (Å²) in [5.74, 6) is -1.54. The molecule has 0 radical (unpaired) electrons. The van der Waals surface area contributed by atoms with Crippen LogP contribution in [0.15, 0.2) is 77.8 Å². The maximum absolute atomic E-state index is 13.5. The highest BCUT2D eigenvalue weighted by Crippen LogP contribution is 2.24. The Morgan fingerprint density at radius 2 is 1.65 bits per heavy atom. The molecule has 1 unspecified atom stereocenters. The van der Waals surface area contributed by atoms with Crippen molar-refractivity contribution in [3.63, 3.8) is 0 Å². The van der Waals surface area contributed by atoms with Gasteiger partial charge in [-0.2, -0.15) is 4.72 Å². The van der Waals surface area contributed by atoms with Gasteiger partial charge in [-0.25, -0.2) is 13.2 Å². The van der Waals surface area contributed by atoms with Crippen molar-refractivity contribution in [3.05, 3.63) is 78.5 Å². The zero-order valence-corrected chi connectivity index (χ0v) is 21.8. The molecule has 1 amide bonds. The fraction of sp³-hybridized carbons (Fsp3) is 0.286. The van der Waals surface area contributed by atoms with Gasteiger partial charge >= 0.3 is 5.97 Å². The maximum Gasteiger partial charge on any atom is 0.328 e. The van der Waals surface area contributed by atoms with Crippen LogP contribution in [0.4, 0.5) is 0 Å². The van der Waals surface area contributed by atoms with E-state index >= 15 is 0 Å². The monoisotopic (exact) mass is 521 g/mol. The largest absolute Gasteiger partial charge is 0.467 e. The number of H-pyrrole nitrogens is 1. The Bertz CT molecular complexity index is 1520. The van der Waals surface area contributed by atoms with E-state index in [-0.39, 0.29) is 17.2 Å². The number of hydrogen-bond acceptors (Lipinski definition) is 5. The number of methoxy groups -OCH3 is 1. The van der Waals surface area contributed by atoms with Gasteiger partial charge in [0.1, 0.15) is 12.1 Å². The number of aromatic nitrogens is 1. The maximum atomic E-state index is 13.5. The highest BCUT2D eigenvalue weighted by molar-refractivity contribution is 7.89. The van der Waals surface area contributed by atoms with E-state index in [1.54, 1.807) is 31.3 Å². The van der Waals surface area contributed by atoms with Gasteiger partial charge in [0.25, 0.3) is 0 Å². The Kier molecular flexibility index (Phi) is 7.94. The van der Waals surface area contributed by atoms with E-state index < -0.39 is 34.0 Å². The molecule has 3 atom stereocenters. The van der Waals surface area contributed by atoms with Crippen LogP contribution in [-0.2, 0) is 30.8 Å². The Labute approximate surface area is 216 Å². The molecule has 0 aliphatic heterocycles. The second-order valence-electron chi connectivity index (χ2n) is 9.11. The number of benzene rings is 3. The number of hydrogen-bond donors (Lipinski definition) is 3. The molecule has 1 heterocycles. The Hall–Kier alpha value is -3.69. The van der Waals surface area contributed by atoms with Crippen LogP contribution in [0.5, 0.6) is 0 Å². The summed E-state index contributed by atoms with van der Waals surface area (Å²) in [6, 6.07) is 17.8. The summed E-state index contributed by atoms with van der Waals surface area (Å²) < 4.78 is 34.5. The van der Waals surface area contributed by atoms with Crippen molar-refractivity contribution in [2.75, 3.05) is 7.11 Å². The summed E-state index contributed by atoms with van der Waals surface area (Å²) in [4.78, 5) is 29.4. The number of para-hydroxylation sites is 1. The van der Waals surface area contributed by atoms with Crippen LogP contribution in [0, 0.1) is 5.92 Å². The van der Waals surface area contributed by atoms with Gasteiger partial charge in [-0.15, -0.1) is 0 Å². The molecule has 9 heteroatoms. The molecule has 0 spiro atoms. The van der Waals surface area contributed by atoms with Gasteiger partial charge in [0.15, 0.2) is 0 Å². The minimum atomic E-state index is -4.06. The topological polar surface area (TPSA) is 117 Å². The normalized spacial score (nSPS) is 14.2. The minimum Gasteiger partial charge on any atom is -0.467 e. The predicted octanol–water partition coefficient (Wildman–Crippen LogP) is 3.91. The van der Waals surface area contributed by atoms with Crippen LogP contribution in [0.25, 0.3) is 21.7 Å². The summed E-state index contributed by atoms with van der Waals surface area (Å²) in [5.41, 5.74) is 1.75. The second-order valence-corrected chi connectivity index (χ2v) is 10.8. The number of sulfonamides is 1. The standard InChI is InChI=1S/C28H31N3O5S/c1-4-18(2)26(31-37(34,35)25-15-9-11-19-10-5-6-13-22(19)25)27(32)30-24(28(33)36-3)16-20-17-29-23-14-8-7-12-21(20)23/h5-15,17-18,24,26,29,31H,4,16H2,1-3H3,(H,30,32)/t18?,24-,26-/m0/s1. The molecule has 0 bridgehead atoms. The highest BCUT2D eigenvalue weighted by atomic mass is 32.2. The molecule has 37 heavy (non-hydrogen) atoms. The summed E-state index contributed by atoms with van der Waals surface area (Å²) >= 11 is 0. The Morgan fingerprint density at radius 1 is 0.973 bits per heavy atom. The van der Waals surface area contributed by atoms with Crippen molar-refractivity contribution in [2.45, 2.75) is 43.7 Å². The van der Waals surface area contributed by atoms with Gasteiger partial charge in [0.2, 0.25) is 15.9 Å². The van der Waals surface area contributed by atoms with Crippen LogP contribution >= 0.6 is 0 Å². The van der Waals surface area contributed by atoms with Gasteiger partial charge in [0.05, 0.1) is 12.0 Å². The van der Waals surface area contributed by atoms with E-state index in [1.165, 1.54) is 13.2 Å². The number of amides is 1. The summed E-state index contributed by atoms with van der Waals surface area (Å²) in [6.45, 7) is 3.67. The number of fused-ring (bicyclic) bond motifs is 2. The van der Waals surface area contributed by atoms with E-state index in [0.717, 1.165) is 21.9 Å². The van der Waals surface area contributed by atoms with Crippen molar-refractivity contribution >= 4 is 43.6 Å². The molecule has 0 fully saturated rings. The third-order valence-corrected chi connectivity index (χ3v) is 8.22. The zero-order chi connectivity index (χ0) is 26.6. The van der Waals surface area contributed by atoms with Crippen LogP contribution < -0.4 is 10.0 Å². The number of esters is 1. The summed E-state index contributed by atoms with van der Waals surface area (Å²) in [7, 11) is -2.80. The molecule has 0 saturated carbocycles. The SMILES string of the molecule is CCC(C)[C@H](NS(=O)(=O)c1cccc2ccccc12)C(=O)N[C@@H](Cc1c[nH]c2ccccc12)C(=O)OC. The van der Waals surface area contributed by atoms with E-state index in [1.807, 2.05) is 49.4 Å². The second kappa shape index (κ2) is 11.1. The number of rotatable bonds is 10. The van der Waals surface area contributed by atoms with Crippen LogP contribution in [0.2, 0.25) is 0 Å². The molecule has 0 saturated heterocycles. The molecule has 3 N–H and O–H groups in total. The fourth-order valence-corrected chi connectivity index (χ4v) is 5.98. The highest BCUT2D eigenvalue weighted by Gasteiger charge is 2.33. The van der Waals surface area contributed by atoms with E-state index in [2.05, 4.69) is 15.0 Å². The molecular formula is C28H31N3O5S. The first-order chi connectivity index (χ1) is 17.7. The van der Waals surface area contributed by atoms with Crippen molar-refractivity contribution < 1.29 is 22.7 Å². The van der Waals surface area contributed by atoms with Gasteiger partial charge in [-0.3, -0.25) is 4.79 Å². The van der Waals surface area contributed by atoms with Crippen molar-refractivity contribution in [1.82, 2.24) is 15.0 Å². The van der Waals surface area contributed by atoms with Crippen LogP contribution in [0.3, 0.4) is 0 Å². The average Bonchev–Trinajstić information content (AvgIpc) is 3.32. The van der Waals surface area contributed by atoms with Crippen LogP contribution in [-0.4, -0.2) is 44.5 Å². The van der Waals surface area contributed by atoms with Gasteiger partial charge < -0.3 is 15.0 Å². The van der Waals surface area contributed by atoms with E-state index in [9.17, 15) is 18.0 Å². The summed E-state index contributed by atoms with van der Waals surface area (Å²) in [5, 5.41) is 5.01. The van der Waals surface area contributed by atoms with Crippen molar-refractivity contribution in [1.29, 1.82) is 0 Å². The van der Waals surface area contributed by atoms with Gasteiger partial charge in [0, 0.05) is 28.9 Å². The Balaban J connectivity index is 1.61. The lowest BCUT2D eigenvalue weighted by molar-refractivity contribution is -0.145. The number of aromatic amines is 1. The first kappa shape index (κ1) is 26.4. The molecule has 4 aromatic rings.